The molecule has 0 bridgehead atoms. The number of anilines is 2. The summed E-state index contributed by atoms with van der Waals surface area (Å²) in [5, 5.41) is 6.08. The van der Waals surface area contributed by atoms with E-state index in [0.29, 0.717) is 23.7 Å². The molecule has 0 aliphatic carbocycles. The molecule has 7 heteroatoms. The number of hydrogen-bond donors (Lipinski definition) is 2. The van der Waals surface area contributed by atoms with Gasteiger partial charge in [-0.25, -0.2) is 4.98 Å². The van der Waals surface area contributed by atoms with Crippen LogP contribution in [0.5, 0.6) is 17.2 Å². The van der Waals surface area contributed by atoms with Crippen LogP contribution in [0.3, 0.4) is 0 Å². The minimum Gasteiger partial charge on any atom is -0.497 e. The molecule has 7 nitrogen and oxygen atoms in total. The molecule has 0 fully saturated rings. The van der Waals surface area contributed by atoms with Crippen LogP contribution in [0.4, 0.5) is 11.4 Å². The van der Waals surface area contributed by atoms with Gasteiger partial charge in [-0.1, -0.05) is 12.1 Å². The normalized spacial score (nSPS) is 11.8. The quantitative estimate of drug-likeness (QED) is 0.682. The monoisotopic (exact) mass is 377 g/mol. The molecule has 0 saturated carbocycles. The van der Waals surface area contributed by atoms with Gasteiger partial charge in [0.1, 0.15) is 11.4 Å². The van der Waals surface area contributed by atoms with Crippen molar-refractivity contribution in [1.82, 2.24) is 4.98 Å². The van der Waals surface area contributed by atoms with Gasteiger partial charge in [0.15, 0.2) is 11.5 Å². The van der Waals surface area contributed by atoms with Crippen LogP contribution in [0, 0.1) is 0 Å². The van der Waals surface area contributed by atoms with E-state index >= 15 is 0 Å². The van der Waals surface area contributed by atoms with Gasteiger partial charge in [-0.2, -0.15) is 0 Å². The summed E-state index contributed by atoms with van der Waals surface area (Å²) in [5.41, 5.74) is 2.85. The van der Waals surface area contributed by atoms with Gasteiger partial charge in [-0.15, -0.1) is 0 Å². The third-order valence-corrected chi connectivity index (χ3v) is 4.26. The first-order chi connectivity index (χ1) is 13.7. The highest BCUT2D eigenvalue weighted by atomic mass is 16.7. The molecule has 3 aromatic rings. The summed E-state index contributed by atoms with van der Waals surface area (Å²) in [6.45, 7) is 0.864. The van der Waals surface area contributed by atoms with E-state index in [0.717, 1.165) is 22.7 Å². The van der Waals surface area contributed by atoms with E-state index in [1.165, 1.54) is 0 Å². The largest absolute Gasteiger partial charge is 0.497 e. The zero-order valence-electron chi connectivity index (χ0n) is 15.3. The van der Waals surface area contributed by atoms with Crippen molar-refractivity contribution in [3.8, 4) is 17.2 Å². The molecule has 1 aromatic heterocycles. The Kier molecular flexibility index (Phi) is 4.97. The van der Waals surface area contributed by atoms with Gasteiger partial charge in [-0.3, -0.25) is 4.79 Å². The fraction of sp³-hybridized carbons (Fsp3) is 0.143. The maximum Gasteiger partial charge on any atom is 0.274 e. The lowest BCUT2D eigenvalue weighted by Crippen LogP contribution is -2.13. The summed E-state index contributed by atoms with van der Waals surface area (Å²) in [7, 11) is 1.58. The van der Waals surface area contributed by atoms with Crippen molar-refractivity contribution in [3.63, 3.8) is 0 Å². The topological polar surface area (TPSA) is 81.7 Å². The van der Waals surface area contributed by atoms with Crippen molar-refractivity contribution in [2.45, 2.75) is 6.54 Å². The number of methoxy groups -OCH3 is 1. The van der Waals surface area contributed by atoms with Crippen LogP contribution < -0.4 is 24.8 Å². The average molecular weight is 377 g/mol. The number of benzene rings is 2. The second-order valence-corrected chi connectivity index (χ2v) is 6.16. The van der Waals surface area contributed by atoms with Gasteiger partial charge in [0.2, 0.25) is 6.79 Å². The summed E-state index contributed by atoms with van der Waals surface area (Å²) >= 11 is 0. The molecule has 0 unspecified atom stereocenters. The Morgan fingerprint density at radius 2 is 1.96 bits per heavy atom. The molecule has 0 radical (unpaired) electrons. The smallest absolute Gasteiger partial charge is 0.274 e. The molecule has 28 heavy (non-hydrogen) atoms. The summed E-state index contributed by atoms with van der Waals surface area (Å²) < 4.78 is 15.8. The van der Waals surface area contributed by atoms with Gasteiger partial charge in [0.05, 0.1) is 19.0 Å². The molecule has 2 heterocycles. The molecule has 0 atom stereocenters. The molecule has 0 saturated heterocycles. The number of carbonyl (C=O) groups is 1. The van der Waals surface area contributed by atoms with E-state index < -0.39 is 0 Å². The van der Waals surface area contributed by atoms with Crippen molar-refractivity contribution < 1.29 is 19.0 Å². The van der Waals surface area contributed by atoms with Crippen molar-refractivity contribution in [2.75, 3.05) is 24.5 Å². The Balaban J connectivity index is 1.36. The number of hydrogen-bond acceptors (Lipinski definition) is 6. The lowest BCUT2D eigenvalue weighted by molar-refractivity contribution is 0.102. The van der Waals surface area contributed by atoms with Crippen LogP contribution in [0.2, 0.25) is 0 Å². The zero-order chi connectivity index (χ0) is 19.3. The molecule has 1 aliphatic heterocycles. The maximum absolute atomic E-state index is 12.4. The third kappa shape index (κ3) is 3.98. The Morgan fingerprint density at radius 1 is 1.07 bits per heavy atom. The minimum atomic E-state index is -0.282. The zero-order valence-corrected chi connectivity index (χ0v) is 15.3. The highest BCUT2D eigenvalue weighted by molar-refractivity contribution is 6.03. The minimum absolute atomic E-state index is 0.259. The first kappa shape index (κ1) is 17.7. The molecular formula is C21H19N3O4. The van der Waals surface area contributed by atoms with Gasteiger partial charge in [0, 0.05) is 18.3 Å². The Morgan fingerprint density at radius 3 is 2.79 bits per heavy atom. The second-order valence-electron chi connectivity index (χ2n) is 6.16. The number of fused-ring (bicyclic) bond motifs is 1. The van der Waals surface area contributed by atoms with Gasteiger partial charge >= 0.3 is 0 Å². The lowest BCUT2D eigenvalue weighted by atomic mass is 10.2. The fourth-order valence-electron chi connectivity index (χ4n) is 2.78. The van der Waals surface area contributed by atoms with E-state index in [2.05, 4.69) is 15.6 Å². The molecule has 142 valence electrons. The number of ether oxygens (including phenoxy) is 3. The van der Waals surface area contributed by atoms with E-state index in [1.807, 2.05) is 36.4 Å². The van der Waals surface area contributed by atoms with Crippen molar-refractivity contribution in [2.24, 2.45) is 0 Å². The molecule has 2 aromatic carbocycles. The van der Waals surface area contributed by atoms with Crippen molar-refractivity contribution >= 4 is 17.3 Å². The average Bonchev–Trinajstić information content (AvgIpc) is 3.20. The molecule has 1 aliphatic rings. The van der Waals surface area contributed by atoms with Crippen molar-refractivity contribution in [1.29, 1.82) is 0 Å². The number of rotatable bonds is 6. The number of pyridine rings is 1. The Bertz CT molecular complexity index is 989. The Labute approximate surface area is 162 Å². The maximum atomic E-state index is 12.4. The highest BCUT2D eigenvalue weighted by Crippen LogP contribution is 2.32. The highest BCUT2D eigenvalue weighted by Gasteiger charge is 2.13. The second kappa shape index (κ2) is 7.87. The van der Waals surface area contributed by atoms with Crippen LogP contribution in [0.1, 0.15) is 16.1 Å². The summed E-state index contributed by atoms with van der Waals surface area (Å²) in [4.78, 5) is 16.6. The number of nitrogens with zero attached hydrogens (tertiary/aromatic N) is 1. The predicted octanol–water partition coefficient (Wildman–Crippen LogP) is 3.68. The predicted molar refractivity (Wildman–Crippen MR) is 105 cm³/mol. The van der Waals surface area contributed by atoms with E-state index in [4.69, 9.17) is 14.2 Å². The van der Waals surface area contributed by atoms with Crippen LogP contribution >= 0.6 is 0 Å². The number of amides is 1. The third-order valence-electron chi connectivity index (χ3n) is 4.26. The number of carbonyl (C=O) groups excluding carboxylic acids is 1. The Hall–Kier alpha value is -3.74. The van der Waals surface area contributed by atoms with Crippen LogP contribution in [-0.4, -0.2) is 24.8 Å². The van der Waals surface area contributed by atoms with Gasteiger partial charge in [0.25, 0.3) is 5.91 Å². The van der Waals surface area contributed by atoms with Crippen LogP contribution in [0.15, 0.2) is 60.8 Å². The first-order valence-corrected chi connectivity index (χ1v) is 8.75. The van der Waals surface area contributed by atoms with Crippen LogP contribution in [0.25, 0.3) is 0 Å². The van der Waals surface area contributed by atoms with Gasteiger partial charge in [-0.05, 0) is 42.0 Å². The van der Waals surface area contributed by atoms with E-state index in [-0.39, 0.29) is 12.7 Å². The summed E-state index contributed by atoms with van der Waals surface area (Å²) in [6, 6.07) is 16.5. The SMILES string of the molecule is COc1cccc(NC(=O)c2ccc(NCc3ccc4c(c3)OCO4)cn2)c1. The van der Waals surface area contributed by atoms with Crippen LogP contribution in [-0.2, 0) is 6.54 Å². The number of nitrogens with one attached hydrogen (secondary N) is 2. The summed E-state index contributed by atoms with van der Waals surface area (Å²) in [6.07, 6.45) is 1.63. The van der Waals surface area contributed by atoms with Crippen molar-refractivity contribution in [3.05, 3.63) is 72.1 Å². The molecule has 1 amide bonds. The molecule has 0 spiro atoms. The molecular weight excluding hydrogens is 358 g/mol. The molecule has 2 N–H and O–H groups in total. The number of aromatic nitrogens is 1. The van der Waals surface area contributed by atoms with Gasteiger partial charge < -0.3 is 24.8 Å². The summed E-state index contributed by atoms with van der Waals surface area (Å²) in [5.74, 6) is 1.91. The standard InChI is InChI=1S/C21H19N3O4/c1-26-17-4-2-3-15(10-17)24-21(25)18-7-6-16(12-23-18)22-11-14-5-8-19-20(9-14)28-13-27-19/h2-10,12,22H,11,13H2,1H3,(H,24,25). The lowest BCUT2D eigenvalue weighted by Gasteiger charge is -2.09. The first-order valence-electron chi connectivity index (χ1n) is 8.75. The molecule has 4 rings (SSSR count). The fourth-order valence-corrected chi connectivity index (χ4v) is 2.78. The van der Waals surface area contributed by atoms with E-state index in [1.54, 1.807) is 31.5 Å². The van der Waals surface area contributed by atoms with E-state index in [9.17, 15) is 4.79 Å².